The van der Waals surface area contributed by atoms with Gasteiger partial charge in [0.25, 0.3) is 0 Å². The van der Waals surface area contributed by atoms with Crippen molar-refractivity contribution >= 4 is 46.8 Å². The van der Waals surface area contributed by atoms with Crippen LogP contribution in [0.3, 0.4) is 0 Å². The second-order valence-electron chi connectivity index (χ2n) is 6.45. The van der Waals surface area contributed by atoms with Crippen molar-refractivity contribution in [2.75, 3.05) is 13.2 Å². The van der Waals surface area contributed by atoms with Gasteiger partial charge in [0.15, 0.2) is 0 Å². The molecular weight excluding hydrogens is 324 g/mol. The summed E-state index contributed by atoms with van der Waals surface area (Å²) in [6.45, 7) is 5.78. The Bertz CT molecular complexity index is 971. The van der Waals surface area contributed by atoms with E-state index in [4.69, 9.17) is 8.85 Å². The van der Waals surface area contributed by atoms with Crippen LogP contribution in [0.4, 0.5) is 0 Å². The zero-order chi connectivity index (χ0) is 17.2. The topological polar surface area (TPSA) is 18.5 Å². The summed E-state index contributed by atoms with van der Waals surface area (Å²) in [5, 5.41) is 9.09. The van der Waals surface area contributed by atoms with Crippen LogP contribution in [-0.2, 0) is 8.85 Å². The average Bonchev–Trinajstić information content (AvgIpc) is 2.66. The van der Waals surface area contributed by atoms with Gasteiger partial charge in [0.05, 0.1) is 0 Å². The molecule has 0 N–H and O–H groups in total. The fourth-order valence-electron chi connectivity index (χ4n) is 3.50. The van der Waals surface area contributed by atoms with Crippen LogP contribution < -0.4 is 5.19 Å². The fourth-order valence-corrected chi connectivity index (χ4v) is 5.32. The van der Waals surface area contributed by atoms with Gasteiger partial charge in [0, 0.05) is 18.4 Å². The molecule has 0 spiro atoms. The Kier molecular flexibility index (Phi) is 4.71. The summed E-state index contributed by atoms with van der Waals surface area (Å²) in [6, 6.07) is 19.9. The molecule has 0 saturated heterocycles. The largest absolute Gasteiger partial charge is 0.424 e. The molecule has 1 radical (unpaired) electrons. The molecule has 3 heteroatoms. The summed E-state index contributed by atoms with van der Waals surface area (Å²) in [4.78, 5) is 0. The molecule has 4 aromatic rings. The monoisotopic (exact) mass is 347 g/mol. The highest BCUT2D eigenvalue weighted by Gasteiger charge is 2.23. The summed E-state index contributed by atoms with van der Waals surface area (Å²) in [5.41, 5.74) is 0. The maximum absolute atomic E-state index is 6.15. The first-order valence-electron chi connectivity index (χ1n) is 9.13. The average molecular weight is 348 g/mol. The third-order valence-corrected chi connectivity index (χ3v) is 6.43. The Morgan fingerprint density at radius 1 is 0.680 bits per heavy atom. The zero-order valence-electron chi connectivity index (χ0n) is 14.8. The quantitative estimate of drug-likeness (QED) is 0.341. The van der Waals surface area contributed by atoms with Crippen molar-refractivity contribution in [1.29, 1.82) is 0 Å². The van der Waals surface area contributed by atoms with Gasteiger partial charge in [-0.1, -0.05) is 68.4 Å². The van der Waals surface area contributed by atoms with Crippen LogP contribution in [0.2, 0.25) is 0 Å². The smallest absolute Gasteiger partial charge is 0.390 e. The van der Waals surface area contributed by atoms with Gasteiger partial charge in [0.2, 0.25) is 0 Å². The van der Waals surface area contributed by atoms with E-state index < -0.39 is 9.28 Å². The Morgan fingerprint density at radius 3 is 1.88 bits per heavy atom. The number of hydrogen-bond donors (Lipinski definition) is 0. The molecule has 25 heavy (non-hydrogen) atoms. The van der Waals surface area contributed by atoms with Gasteiger partial charge in [-0.25, -0.2) is 0 Å². The van der Waals surface area contributed by atoms with E-state index in [-0.39, 0.29) is 0 Å². The first kappa shape index (κ1) is 16.5. The lowest BCUT2D eigenvalue weighted by Crippen LogP contribution is -2.38. The first-order chi connectivity index (χ1) is 12.3. The lowest BCUT2D eigenvalue weighted by Gasteiger charge is -2.19. The molecule has 0 atom stereocenters. The van der Waals surface area contributed by atoms with E-state index in [0.29, 0.717) is 0 Å². The number of hydrogen-bond acceptors (Lipinski definition) is 2. The minimum Gasteiger partial charge on any atom is -0.390 e. The molecule has 2 nitrogen and oxygen atoms in total. The zero-order valence-corrected chi connectivity index (χ0v) is 15.8. The van der Waals surface area contributed by atoms with E-state index >= 15 is 0 Å². The molecule has 0 saturated carbocycles. The third-order valence-electron chi connectivity index (χ3n) is 4.62. The maximum Gasteiger partial charge on any atom is 0.424 e. The molecule has 0 bridgehead atoms. The molecule has 4 rings (SSSR count). The minimum absolute atomic E-state index is 0.750. The lowest BCUT2D eigenvalue weighted by atomic mass is 9.94. The standard InChI is InChI=1S/C22H23O2Si/c1-3-14-23-25(24-15-4-2)20-13-11-18-9-8-16-6-5-7-17-10-12-19(20)22(18)21(16)17/h5-13H,3-4,14-15H2,1-2H3. The Morgan fingerprint density at radius 2 is 1.24 bits per heavy atom. The molecule has 0 aromatic heterocycles. The lowest BCUT2D eigenvalue weighted by molar-refractivity contribution is 0.208. The van der Waals surface area contributed by atoms with Crippen LogP contribution in [0.5, 0.6) is 0 Å². The van der Waals surface area contributed by atoms with Crippen LogP contribution in [0.25, 0.3) is 32.3 Å². The maximum atomic E-state index is 6.15. The van der Waals surface area contributed by atoms with Crippen molar-refractivity contribution in [1.82, 2.24) is 0 Å². The SMILES string of the molecule is CCCO[Si](OCCC)c1ccc2ccc3cccc4ccc1c2c34. The van der Waals surface area contributed by atoms with Crippen molar-refractivity contribution in [2.24, 2.45) is 0 Å². The highest BCUT2D eigenvalue weighted by molar-refractivity contribution is 6.65. The van der Waals surface area contributed by atoms with Crippen LogP contribution in [-0.4, -0.2) is 22.5 Å². The molecule has 0 heterocycles. The van der Waals surface area contributed by atoms with Crippen molar-refractivity contribution in [3.05, 3.63) is 54.6 Å². The van der Waals surface area contributed by atoms with E-state index in [9.17, 15) is 0 Å². The van der Waals surface area contributed by atoms with Crippen molar-refractivity contribution in [2.45, 2.75) is 26.7 Å². The molecule has 0 aliphatic rings. The Balaban J connectivity index is 1.94. The van der Waals surface area contributed by atoms with E-state index in [1.165, 1.54) is 37.5 Å². The summed E-state index contributed by atoms with van der Waals surface area (Å²) in [6.07, 6.45) is 2.02. The number of rotatable bonds is 7. The third kappa shape index (κ3) is 2.93. The van der Waals surface area contributed by atoms with Gasteiger partial charge >= 0.3 is 9.28 Å². The summed E-state index contributed by atoms with van der Waals surface area (Å²) >= 11 is 0. The van der Waals surface area contributed by atoms with E-state index in [1.807, 2.05) is 0 Å². The Hall–Kier alpha value is -1.94. The minimum atomic E-state index is -1.47. The van der Waals surface area contributed by atoms with Crippen molar-refractivity contribution in [3.8, 4) is 0 Å². The van der Waals surface area contributed by atoms with Gasteiger partial charge < -0.3 is 8.85 Å². The highest BCUT2D eigenvalue weighted by Crippen LogP contribution is 2.33. The molecule has 127 valence electrons. The Labute approximate surface area is 150 Å². The van der Waals surface area contributed by atoms with Gasteiger partial charge in [-0.2, -0.15) is 0 Å². The summed E-state index contributed by atoms with van der Waals surface area (Å²) < 4.78 is 12.3. The second-order valence-corrected chi connectivity index (χ2v) is 8.14. The van der Waals surface area contributed by atoms with Crippen LogP contribution in [0, 0.1) is 0 Å². The molecular formula is C22H23O2Si. The summed E-state index contributed by atoms with van der Waals surface area (Å²) in [7, 11) is -1.47. The predicted octanol–water partition coefficient (Wildman–Crippen LogP) is 5.13. The molecule has 0 aliphatic carbocycles. The fraction of sp³-hybridized carbons (Fsp3) is 0.273. The summed E-state index contributed by atoms with van der Waals surface area (Å²) in [5.74, 6) is 0. The van der Waals surface area contributed by atoms with E-state index in [1.54, 1.807) is 0 Å². The predicted molar refractivity (Wildman–Crippen MR) is 108 cm³/mol. The van der Waals surface area contributed by atoms with Crippen LogP contribution in [0.1, 0.15) is 26.7 Å². The second kappa shape index (κ2) is 7.12. The van der Waals surface area contributed by atoms with Crippen molar-refractivity contribution in [3.63, 3.8) is 0 Å². The van der Waals surface area contributed by atoms with Crippen LogP contribution in [0.15, 0.2) is 54.6 Å². The molecule has 0 fully saturated rings. The first-order valence-corrected chi connectivity index (χ1v) is 10.4. The normalized spacial score (nSPS) is 12.1. The van der Waals surface area contributed by atoms with E-state index in [0.717, 1.165) is 26.1 Å². The molecule has 0 aliphatic heterocycles. The van der Waals surface area contributed by atoms with Gasteiger partial charge in [0.1, 0.15) is 0 Å². The van der Waals surface area contributed by atoms with Crippen LogP contribution >= 0.6 is 0 Å². The molecule has 4 aromatic carbocycles. The highest BCUT2D eigenvalue weighted by atomic mass is 28.3. The van der Waals surface area contributed by atoms with Gasteiger partial charge in [-0.15, -0.1) is 0 Å². The molecule has 0 amide bonds. The van der Waals surface area contributed by atoms with Gasteiger partial charge in [-0.05, 0) is 45.2 Å². The van der Waals surface area contributed by atoms with E-state index in [2.05, 4.69) is 68.4 Å². The molecule has 0 unspecified atom stereocenters. The van der Waals surface area contributed by atoms with Crippen molar-refractivity contribution < 1.29 is 8.85 Å². The number of benzene rings is 4. The van der Waals surface area contributed by atoms with Gasteiger partial charge in [-0.3, -0.25) is 0 Å².